The van der Waals surface area contributed by atoms with Crippen molar-refractivity contribution < 1.29 is 47.8 Å². The van der Waals surface area contributed by atoms with Gasteiger partial charge in [-0.2, -0.15) is 0 Å². The number of allylic oxidation sites excluding steroid dienone is 2. The number of esters is 2. The molecule has 332 valence electrons. The summed E-state index contributed by atoms with van der Waals surface area (Å²) in [6.07, 6.45) is 40.5. The van der Waals surface area contributed by atoms with Crippen LogP contribution in [0.15, 0.2) is 12.2 Å². The Kier molecular flexibility index (Phi) is 40.9. The number of aliphatic hydroxyl groups is 2. The normalized spacial score (nSPS) is 13.9. The van der Waals surface area contributed by atoms with Crippen LogP contribution in [0.5, 0.6) is 0 Å². The van der Waals surface area contributed by atoms with Crippen molar-refractivity contribution in [1.82, 2.24) is 0 Å². The Balaban J connectivity index is 4.10. The first-order valence-electron chi connectivity index (χ1n) is 23.1. The lowest BCUT2D eigenvalue weighted by molar-refractivity contribution is -0.161. The van der Waals surface area contributed by atoms with Gasteiger partial charge in [-0.1, -0.05) is 193 Å². The van der Waals surface area contributed by atoms with Gasteiger partial charge in [-0.3, -0.25) is 18.6 Å². The van der Waals surface area contributed by atoms with Gasteiger partial charge in [0.05, 0.1) is 19.8 Å². The van der Waals surface area contributed by atoms with Gasteiger partial charge < -0.3 is 24.6 Å². The zero-order valence-electron chi connectivity index (χ0n) is 36.1. The van der Waals surface area contributed by atoms with Crippen LogP contribution in [0.3, 0.4) is 0 Å². The second kappa shape index (κ2) is 41.9. The minimum atomic E-state index is -4.61. The van der Waals surface area contributed by atoms with Gasteiger partial charge in [0.15, 0.2) is 6.10 Å². The van der Waals surface area contributed by atoms with E-state index in [1.54, 1.807) is 0 Å². The van der Waals surface area contributed by atoms with E-state index >= 15 is 0 Å². The number of phosphoric ester groups is 1. The molecule has 0 spiro atoms. The molecule has 0 saturated carbocycles. The molecule has 0 amide bonds. The van der Waals surface area contributed by atoms with Crippen LogP contribution in [0.2, 0.25) is 0 Å². The predicted molar refractivity (Wildman–Crippen MR) is 229 cm³/mol. The first-order chi connectivity index (χ1) is 27.2. The third kappa shape index (κ3) is 40.9. The minimum absolute atomic E-state index is 0.177. The van der Waals surface area contributed by atoms with Crippen molar-refractivity contribution in [2.24, 2.45) is 0 Å². The lowest BCUT2D eigenvalue weighted by Crippen LogP contribution is -2.29. The molecule has 0 radical (unpaired) electrons. The maximum atomic E-state index is 12.6. The highest BCUT2D eigenvalue weighted by molar-refractivity contribution is 7.47. The van der Waals surface area contributed by atoms with E-state index in [9.17, 15) is 24.2 Å². The van der Waals surface area contributed by atoms with E-state index in [1.807, 2.05) is 0 Å². The van der Waals surface area contributed by atoms with E-state index in [0.29, 0.717) is 12.8 Å². The molecule has 0 bridgehead atoms. The van der Waals surface area contributed by atoms with Crippen LogP contribution in [0.4, 0.5) is 0 Å². The van der Waals surface area contributed by atoms with Crippen molar-refractivity contribution in [2.45, 2.75) is 238 Å². The molecule has 0 saturated heterocycles. The average molecular weight is 819 g/mol. The van der Waals surface area contributed by atoms with Crippen molar-refractivity contribution in [3.05, 3.63) is 12.2 Å². The van der Waals surface area contributed by atoms with Crippen LogP contribution in [-0.2, 0) is 32.7 Å². The molecule has 0 aliphatic rings. The van der Waals surface area contributed by atoms with Crippen molar-refractivity contribution in [2.75, 3.05) is 26.4 Å². The number of phosphoric acid groups is 1. The Bertz CT molecular complexity index is 946. The smallest absolute Gasteiger partial charge is 0.462 e. The zero-order chi connectivity index (χ0) is 41.2. The zero-order valence-corrected chi connectivity index (χ0v) is 37.0. The molecular weight excluding hydrogens is 731 g/mol. The summed E-state index contributed by atoms with van der Waals surface area (Å²) >= 11 is 0. The Morgan fingerprint density at radius 2 is 0.893 bits per heavy atom. The molecule has 0 fully saturated rings. The predicted octanol–water partition coefficient (Wildman–Crippen LogP) is 12.4. The number of hydrogen-bond donors (Lipinski definition) is 3. The number of unbranched alkanes of at least 4 members (excludes halogenated alkanes) is 28. The monoisotopic (exact) mass is 819 g/mol. The third-order valence-electron chi connectivity index (χ3n) is 10.2. The van der Waals surface area contributed by atoms with E-state index in [1.165, 1.54) is 128 Å². The molecular formula is C45H87O10P. The summed E-state index contributed by atoms with van der Waals surface area (Å²) in [4.78, 5) is 35.0. The maximum absolute atomic E-state index is 12.6. The highest BCUT2D eigenvalue weighted by Gasteiger charge is 2.27. The summed E-state index contributed by atoms with van der Waals surface area (Å²) in [6, 6.07) is 0. The van der Waals surface area contributed by atoms with Crippen LogP contribution < -0.4 is 0 Å². The quantitative estimate of drug-likeness (QED) is 0.0235. The lowest BCUT2D eigenvalue weighted by atomic mass is 10.0. The number of hydrogen-bond acceptors (Lipinski definition) is 9. The molecule has 0 aromatic heterocycles. The fourth-order valence-corrected chi connectivity index (χ4v) is 7.35. The van der Waals surface area contributed by atoms with E-state index < -0.39 is 51.8 Å². The number of ether oxygens (including phenoxy) is 2. The highest BCUT2D eigenvalue weighted by Crippen LogP contribution is 2.43. The number of carbonyl (C=O) groups is 2. The average Bonchev–Trinajstić information content (AvgIpc) is 3.19. The summed E-state index contributed by atoms with van der Waals surface area (Å²) in [5.74, 6) is -0.925. The molecule has 0 aromatic carbocycles. The fraction of sp³-hybridized carbons (Fsp3) is 0.911. The van der Waals surface area contributed by atoms with E-state index in [-0.39, 0.29) is 19.4 Å². The van der Waals surface area contributed by atoms with Gasteiger partial charge in [0.2, 0.25) is 0 Å². The summed E-state index contributed by atoms with van der Waals surface area (Å²) < 4.78 is 32.7. The standard InChI is InChI=1S/C45H87O10P/c1-3-5-7-9-11-13-15-16-17-18-19-20-21-22-23-24-25-27-28-30-32-34-36-44(48)52-40-43(41-54-56(50,51)53-39-42(47)38-46)55-45(49)37-35-33-31-29-26-14-12-10-8-6-4-2/h10,12,42-43,46-47H,3-9,11,13-41H2,1-2H3,(H,50,51)/b12-10-. The Morgan fingerprint density at radius 3 is 1.34 bits per heavy atom. The summed E-state index contributed by atoms with van der Waals surface area (Å²) in [5, 5.41) is 18.3. The highest BCUT2D eigenvalue weighted by atomic mass is 31.2. The van der Waals surface area contributed by atoms with Crippen LogP contribution >= 0.6 is 7.82 Å². The SMILES string of the molecule is CCCC/C=C\CCCCCCCC(=O)OC(COC(=O)CCCCCCCCCCCCCCCCCCCCCCCC)COP(=O)(O)OCC(O)CO. The van der Waals surface area contributed by atoms with Crippen molar-refractivity contribution >= 4 is 19.8 Å². The number of carbonyl (C=O) groups excluding carboxylic acids is 2. The molecule has 10 nitrogen and oxygen atoms in total. The van der Waals surface area contributed by atoms with Gasteiger partial charge in [-0.25, -0.2) is 4.57 Å². The van der Waals surface area contributed by atoms with Crippen LogP contribution in [0.1, 0.15) is 226 Å². The second-order valence-electron chi connectivity index (χ2n) is 15.8. The van der Waals surface area contributed by atoms with Gasteiger partial charge in [0.25, 0.3) is 0 Å². The second-order valence-corrected chi connectivity index (χ2v) is 17.2. The Hall–Kier alpha value is -1.29. The summed E-state index contributed by atoms with van der Waals surface area (Å²) in [6.45, 7) is 2.36. The van der Waals surface area contributed by atoms with E-state index in [2.05, 4.69) is 30.5 Å². The maximum Gasteiger partial charge on any atom is 0.472 e. The van der Waals surface area contributed by atoms with Crippen molar-refractivity contribution in [1.29, 1.82) is 0 Å². The molecule has 3 atom stereocenters. The van der Waals surface area contributed by atoms with Crippen LogP contribution in [0, 0.1) is 0 Å². The molecule has 0 aliphatic heterocycles. The first kappa shape index (κ1) is 54.7. The molecule has 3 N–H and O–H groups in total. The molecule has 0 aromatic rings. The Labute approximate surface area is 343 Å². The molecule has 0 aliphatic carbocycles. The topological polar surface area (TPSA) is 149 Å². The molecule has 0 heterocycles. The molecule has 0 rings (SSSR count). The van der Waals surface area contributed by atoms with Gasteiger partial charge in [0.1, 0.15) is 12.7 Å². The largest absolute Gasteiger partial charge is 0.472 e. The van der Waals surface area contributed by atoms with Crippen LogP contribution in [-0.4, -0.2) is 65.7 Å². The van der Waals surface area contributed by atoms with Crippen molar-refractivity contribution in [3.63, 3.8) is 0 Å². The van der Waals surface area contributed by atoms with Gasteiger partial charge in [-0.05, 0) is 32.1 Å². The van der Waals surface area contributed by atoms with Gasteiger partial charge >= 0.3 is 19.8 Å². The number of aliphatic hydroxyl groups excluding tert-OH is 2. The van der Waals surface area contributed by atoms with E-state index in [4.69, 9.17) is 19.1 Å². The fourth-order valence-electron chi connectivity index (χ4n) is 6.56. The third-order valence-corrected chi connectivity index (χ3v) is 11.1. The van der Waals surface area contributed by atoms with Gasteiger partial charge in [-0.15, -0.1) is 0 Å². The molecule has 3 unspecified atom stereocenters. The van der Waals surface area contributed by atoms with Gasteiger partial charge in [0, 0.05) is 12.8 Å². The Morgan fingerprint density at radius 1 is 0.518 bits per heavy atom. The molecule has 56 heavy (non-hydrogen) atoms. The molecule has 11 heteroatoms. The minimum Gasteiger partial charge on any atom is -0.462 e. The first-order valence-corrected chi connectivity index (χ1v) is 24.6. The number of rotatable bonds is 44. The lowest BCUT2D eigenvalue weighted by Gasteiger charge is -2.20. The summed E-state index contributed by atoms with van der Waals surface area (Å²) in [7, 11) is -4.61. The van der Waals surface area contributed by atoms with Crippen molar-refractivity contribution in [3.8, 4) is 0 Å². The van der Waals surface area contributed by atoms with Crippen LogP contribution in [0.25, 0.3) is 0 Å². The van der Waals surface area contributed by atoms with E-state index in [0.717, 1.165) is 57.8 Å². The summed E-state index contributed by atoms with van der Waals surface area (Å²) in [5.41, 5.74) is 0.